The first kappa shape index (κ1) is 51.0. The van der Waals surface area contributed by atoms with Gasteiger partial charge in [0, 0.05) is 22.8 Å². The molecule has 2 nitrogen and oxygen atoms in total. The molecule has 0 bridgehead atoms. The Morgan fingerprint density at radius 3 is 1.13 bits per heavy atom. The van der Waals surface area contributed by atoms with E-state index in [1.54, 1.807) is 18.5 Å². The molecule has 0 N–H and O–H groups in total. The van der Waals surface area contributed by atoms with E-state index in [0.29, 0.717) is 0 Å². The minimum Gasteiger partial charge on any atom is -0.493 e. The van der Waals surface area contributed by atoms with E-state index in [4.69, 9.17) is 0 Å². The van der Waals surface area contributed by atoms with Crippen LogP contribution in [-0.4, -0.2) is 4.70 Å². The second kappa shape index (κ2) is 33.4. The van der Waals surface area contributed by atoms with Crippen molar-refractivity contribution in [2.24, 2.45) is 0 Å². The number of unbranched alkanes of at least 4 members (excludes halogenated alkanes) is 15. The SMILES string of the molecule is CCCCCCCCC1=C(c2cc(CCCCC)cc(CCCCCC)c2)[N+](=[N-])C(c2cc(CCCCC)cc(CCCCCC)c2)=C1.[CH2-]C.[CH2-]C.[Ni+2]. The zero-order chi connectivity index (χ0) is 38.4. The van der Waals surface area contributed by atoms with E-state index in [1.807, 2.05) is 0 Å². The van der Waals surface area contributed by atoms with Crippen molar-refractivity contribution in [2.75, 3.05) is 0 Å². The Kier molecular flexibility index (Phi) is 32.1. The van der Waals surface area contributed by atoms with Crippen LogP contribution in [0.4, 0.5) is 0 Å². The molecule has 302 valence electrons. The standard InChI is InChI=1S/C46H72N2.2C2H5.Ni/c1-6-11-16-19-20-25-30-42-37-45(43-33-38(26-21-14-9-4)31-39(34-43)28-23-17-12-7-2)48(47)46(42)44-35-40(27-22-15-10-5)32-41(36-44)29-24-18-13-8-3;2*1-2;/h31-37H,6-30H2,1-5H3;2*1H2,2H3;/q;2*-1;+2. The molecule has 3 heteroatoms. The van der Waals surface area contributed by atoms with E-state index >= 15 is 0 Å². The monoisotopic (exact) mass is 769 g/mol. The number of allylic oxidation sites excluding steroid dienone is 2. The second-order valence-electron chi connectivity index (χ2n) is 14.8. The predicted octanol–water partition coefficient (Wildman–Crippen LogP) is 16.6. The van der Waals surface area contributed by atoms with Gasteiger partial charge in [-0.3, -0.25) is 0 Å². The number of nitrogens with zero attached hydrogens (tertiary/aromatic N) is 2. The van der Waals surface area contributed by atoms with Gasteiger partial charge in [-0.1, -0.05) is 143 Å². The molecule has 0 saturated heterocycles. The summed E-state index contributed by atoms with van der Waals surface area (Å²) in [5, 5.41) is 0. The van der Waals surface area contributed by atoms with Crippen molar-refractivity contribution in [2.45, 2.75) is 209 Å². The third kappa shape index (κ3) is 20.0. The average molecular weight is 770 g/mol. The van der Waals surface area contributed by atoms with E-state index in [9.17, 15) is 5.53 Å². The summed E-state index contributed by atoms with van der Waals surface area (Å²) in [6, 6.07) is 14.5. The van der Waals surface area contributed by atoms with Gasteiger partial charge in [-0.2, -0.15) is 13.8 Å². The number of rotatable bonds is 27. The maximum atomic E-state index is 12.2. The summed E-state index contributed by atoms with van der Waals surface area (Å²) in [5.41, 5.74) is 23.6. The van der Waals surface area contributed by atoms with Gasteiger partial charge in [-0.05, 0) is 111 Å². The van der Waals surface area contributed by atoms with E-state index in [1.165, 1.54) is 167 Å². The van der Waals surface area contributed by atoms with Gasteiger partial charge in [-0.25, -0.2) is 4.70 Å². The third-order valence-electron chi connectivity index (χ3n) is 10.3. The summed E-state index contributed by atoms with van der Waals surface area (Å²) in [4.78, 5) is 0. The molecule has 1 aliphatic heterocycles. The summed E-state index contributed by atoms with van der Waals surface area (Å²) in [6.07, 6.45) is 33.3. The van der Waals surface area contributed by atoms with E-state index < -0.39 is 0 Å². The van der Waals surface area contributed by atoms with Crippen molar-refractivity contribution in [3.8, 4) is 0 Å². The third-order valence-corrected chi connectivity index (χ3v) is 10.3. The Labute approximate surface area is 340 Å². The van der Waals surface area contributed by atoms with Gasteiger partial charge in [0.1, 0.15) is 0 Å². The van der Waals surface area contributed by atoms with Crippen LogP contribution in [0.15, 0.2) is 48.0 Å². The van der Waals surface area contributed by atoms with Gasteiger partial charge in [0.25, 0.3) is 0 Å². The fraction of sp³-hybridized carbons (Fsp3) is 0.640. The largest absolute Gasteiger partial charge is 2.00 e. The first-order valence-corrected chi connectivity index (χ1v) is 22.2. The van der Waals surface area contributed by atoms with Crippen LogP contribution in [0.3, 0.4) is 0 Å². The summed E-state index contributed by atoms with van der Waals surface area (Å²) in [5.74, 6) is 0. The number of hydrogen-bond donors (Lipinski definition) is 0. The molecule has 0 fully saturated rings. The van der Waals surface area contributed by atoms with Gasteiger partial charge < -0.3 is 19.4 Å². The molecule has 2 aromatic carbocycles. The molecule has 2 aromatic rings. The predicted molar refractivity (Wildman–Crippen MR) is 234 cm³/mol. The number of aryl methyl sites for hydroxylation is 4. The van der Waals surface area contributed by atoms with Crippen molar-refractivity contribution in [3.05, 3.63) is 101 Å². The molecule has 0 aromatic heterocycles. The van der Waals surface area contributed by atoms with Gasteiger partial charge in [-0.15, -0.1) is 0 Å². The van der Waals surface area contributed by atoms with Gasteiger partial charge in [0.2, 0.25) is 11.4 Å². The molecule has 1 heterocycles. The molecule has 0 amide bonds. The molecule has 0 radical (unpaired) electrons. The summed E-state index contributed by atoms with van der Waals surface area (Å²) >= 11 is 0. The van der Waals surface area contributed by atoms with Crippen molar-refractivity contribution in [3.63, 3.8) is 0 Å². The normalized spacial score (nSPS) is 12.2. The minimum atomic E-state index is 0. The van der Waals surface area contributed by atoms with Crippen LogP contribution in [0.2, 0.25) is 0 Å². The first-order chi connectivity index (χ1) is 25.5. The number of benzene rings is 2. The first-order valence-electron chi connectivity index (χ1n) is 22.2. The van der Waals surface area contributed by atoms with Gasteiger partial charge in [0.05, 0.1) is 0 Å². The molecular formula is C50H82N2Ni. The Bertz CT molecular complexity index is 1290. The summed E-state index contributed by atoms with van der Waals surface area (Å²) in [6.45, 7) is 21.5. The van der Waals surface area contributed by atoms with Gasteiger partial charge in [0.15, 0.2) is 0 Å². The van der Waals surface area contributed by atoms with Crippen molar-refractivity contribution >= 4 is 11.4 Å². The summed E-state index contributed by atoms with van der Waals surface area (Å²) in [7, 11) is 0. The van der Waals surface area contributed by atoms with E-state index in [2.05, 4.69) is 90.9 Å². The Morgan fingerprint density at radius 2 is 0.717 bits per heavy atom. The Balaban J connectivity index is 0.00000522. The number of hydrogen-bond acceptors (Lipinski definition) is 0. The Morgan fingerprint density at radius 1 is 0.415 bits per heavy atom. The van der Waals surface area contributed by atoms with Crippen LogP contribution in [-0.2, 0) is 42.2 Å². The quantitative estimate of drug-likeness (QED) is 0.0374. The van der Waals surface area contributed by atoms with Crippen LogP contribution >= 0.6 is 0 Å². The van der Waals surface area contributed by atoms with Gasteiger partial charge >= 0.3 is 16.5 Å². The van der Waals surface area contributed by atoms with Crippen molar-refractivity contribution in [1.29, 1.82) is 0 Å². The fourth-order valence-corrected chi connectivity index (χ4v) is 7.41. The second-order valence-corrected chi connectivity index (χ2v) is 14.8. The van der Waals surface area contributed by atoms with Crippen LogP contribution in [0.5, 0.6) is 0 Å². The van der Waals surface area contributed by atoms with Crippen LogP contribution in [0.1, 0.15) is 217 Å². The molecule has 0 saturated carbocycles. The van der Waals surface area contributed by atoms with Crippen molar-refractivity contribution < 1.29 is 21.2 Å². The molecule has 0 atom stereocenters. The zero-order valence-corrected chi connectivity index (χ0v) is 36.8. The topological polar surface area (TPSA) is 25.3 Å². The minimum absolute atomic E-state index is 0. The molecule has 3 rings (SSSR count). The zero-order valence-electron chi connectivity index (χ0n) is 35.8. The van der Waals surface area contributed by atoms with E-state index in [0.717, 1.165) is 43.5 Å². The molecule has 0 unspecified atom stereocenters. The van der Waals surface area contributed by atoms with Crippen molar-refractivity contribution in [1.82, 2.24) is 0 Å². The Hall–Kier alpha value is -1.99. The maximum Gasteiger partial charge on any atom is 2.00 e. The van der Waals surface area contributed by atoms with Crippen LogP contribution in [0, 0.1) is 13.8 Å². The molecule has 0 aliphatic carbocycles. The fourth-order valence-electron chi connectivity index (χ4n) is 7.41. The summed E-state index contributed by atoms with van der Waals surface area (Å²) < 4.78 is 1.59. The van der Waals surface area contributed by atoms with E-state index in [-0.39, 0.29) is 16.5 Å². The molecule has 53 heavy (non-hydrogen) atoms. The molecular weight excluding hydrogens is 687 g/mol. The van der Waals surface area contributed by atoms with Crippen LogP contribution in [0.25, 0.3) is 16.9 Å². The molecule has 0 spiro atoms. The van der Waals surface area contributed by atoms with Crippen LogP contribution < -0.4 is 0 Å². The smallest absolute Gasteiger partial charge is 0.493 e. The maximum absolute atomic E-state index is 12.2. The molecule has 1 aliphatic rings. The average Bonchev–Trinajstić information content (AvgIpc) is 3.50.